The maximum Gasteiger partial charge on any atom is 0.411 e. The molecule has 2 aromatic carbocycles. The van der Waals surface area contributed by atoms with Crippen molar-refractivity contribution in [3.63, 3.8) is 0 Å². The van der Waals surface area contributed by atoms with Crippen LogP contribution in [0.15, 0.2) is 36.4 Å². The fourth-order valence-corrected chi connectivity index (χ4v) is 4.01. The predicted octanol–water partition coefficient (Wildman–Crippen LogP) is 4.14. The van der Waals surface area contributed by atoms with Crippen molar-refractivity contribution in [2.24, 2.45) is 0 Å². The van der Waals surface area contributed by atoms with E-state index in [4.69, 9.17) is 23.7 Å². The Kier molecular flexibility index (Phi) is 7.05. The molecule has 1 aliphatic heterocycles. The van der Waals surface area contributed by atoms with Gasteiger partial charge in [-0.1, -0.05) is 12.1 Å². The van der Waals surface area contributed by atoms with Gasteiger partial charge in [-0.3, -0.25) is 4.90 Å². The first-order valence-electron chi connectivity index (χ1n) is 10.6. The van der Waals surface area contributed by atoms with Gasteiger partial charge in [0.1, 0.15) is 17.4 Å². The number of carbonyl (C=O) groups excluding carboxylic acids is 2. The predicted molar refractivity (Wildman–Crippen MR) is 122 cm³/mol. The number of carbonyl (C=O) groups is 2. The molecule has 8 nitrogen and oxygen atoms in total. The van der Waals surface area contributed by atoms with Gasteiger partial charge in [-0.25, -0.2) is 9.59 Å². The van der Waals surface area contributed by atoms with E-state index in [0.29, 0.717) is 17.2 Å². The van der Waals surface area contributed by atoms with Crippen LogP contribution in [-0.2, 0) is 20.7 Å². The summed E-state index contributed by atoms with van der Waals surface area (Å²) in [6, 6.07) is 9.51. The second kappa shape index (κ2) is 9.60. The molecule has 2 atom stereocenters. The Morgan fingerprint density at radius 2 is 1.52 bits per heavy atom. The third kappa shape index (κ3) is 4.99. The monoisotopic (exact) mass is 457 g/mol. The van der Waals surface area contributed by atoms with E-state index in [0.717, 1.165) is 16.7 Å². The first-order valence-corrected chi connectivity index (χ1v) is 10.6. The van der Waals surface area contributed by atoms with Gasteiger partial charge in [0.15, 0.2) is 11.5 Å². The quantitative estimate of drug-likeness (QED) is 0.624. The maximum absolute atomic E-state index is 13.5. The van der Waals surface area contributed by atoms with Crippen LogP contribution >= 0.6 is 0 Å². The van der Waals surface area contributed by atoms with E-state index in [1.165, 1.54) is 12.0 Å². The summed E-state index contributed by atoms with van der Waals surface area (Å²) in [5, 5.41) is 0. The first-order chi connectivity index (χ1) is 15.6. The van der Waals surface area contributed by atoms with Crippen LogP contribution in [0.3, 0.4) is 0 Å². The zero-order valence-electron chi connectivity index (χ0n) is 20.1. The van der Waals surface area contributed by atoms with Gasteiger partial charge in [-0.05, 0) is 61.7 Å². The highest BCUT2D eigenvalue weighted by molar-refractivity contribution is 5.83. The van der Waals surface area contributed by atoms with Crippen LogP contribution in [0.4, 0.5) is 4.79 Å². The van der Waals surface area contributed by atoms with E-state index in [-0.39, 0.29) is 6.42 Å². The highest BCUT2D eigenvalue weighted by Crippen LogP contribution is 2.44. The van der Waals surface area contributed by atoms with Crippen molar-refractivity contribution in [3.8, 4) is 17.2 Å². The molecule has 1 amide bonds. The second-order valence-electron chi connectivity index (χ2n) is 8.71. The minimum atomic E-state index is -0.887. The highest BCUT2D eigenvalue weighted by atomic mass is 16.6. The summed E-state index contributed by atoms with van der Waals surface area (Å²) < 4.78 is 27.1. The third-order valence-electron chi connectivity index (χ3n) is 5.48. The van der Waals surface area contributed by atoms with E-state index in [9.17, 15) is 9.59 Å². The molecule has 3 rings (SSSR count). The minimum absolute atomic E-state index is 0.244. The third-order valence-corrected chi connectivity index (χ3v) is 5.48. The number of nitrogens with zero attached hydrogens (tertiary/aromatic N) is 1. The SMILES string of the molecule is COC(=O)[C@@H]1Cc2cc(OC)c(OC)cc2[C@H](c2ccc(OC)cc2)N1C(=O)OC(C)(C)C. The zero-order chi connectivity index (χ0) is 24.3. The Balaban J connectivity index is 2.25. The topological polar surface area (TPSA) is 83.5 Å². The summed E-state index contributed by atoms with van der Waals surface area (Å²) in [5.41, 5.74) is 1.69. The van der Waals surface area contributed by atoms with Crippen molar-refractivity contribution >= 4 is 12.1 Å². The Morgan fingerprint density at radius 3 is 2.03 bits per heavy atom. The number of fused-ring (bicyclic) bond motifs is 1. The van der Waals surface area contributed by atoms with E-state index >= 15 is 0 Å². The van der Waals surface area contributed by atoms with Crippen LogP contribution in [-0.4, -0.2) is 57.0 Å². The summed E-state index contributed by atoms with van der Waals surface area (Å²) in [6.45, 7) is 5.35. The lowest BCUT2D eigenvalue weighted by molar-refractivity contribution is -0.148. The van der Waals surface area contributed by atoms with E-state index in [2.05, 4.69) is 0 Å². The molecular weight excluding hydrogens is 426 g/mol. The van der Waals surface area contributed by atoms with Gasteiger partial charge in [0.25, 0.3) is 0 Å². The molecular formula is C25H31NO7. The van der Waals surface area contributed by atoms with Crippen LogP contribution in [0.25, 0.3) is 0 Å². The van der Waals surface area contributed by atoms with E-state index in [1.54, 1.807) is 42.1 Å². The molecule has 2 aromatic rings. The molecule has 178 valence electrons. The van der Waals surface area contributed by atoms with Crippen LogP contribution in [0.1, 0.15) is 43.5 Å². The van der Waals surface area contributed by atoms with Gasteiger partial charge in [0.2, 0.25) is 0 Å². The molecule has 0 aromatic heterocycles. The minimum Gasteiger partial charge on any atom is -0.497 e. The van der Waals surface area contributed by atoms with Crippen LogP contribution in [0.2, 0.25) is 0 Å². The number of hydrogen-bond acceptors (Lipinski definition) is 7. The van der Waals surface area contributed by atoms with Crippen LogP contribution in [0.5, 0.6) is 17.2 Å². The number of hydrogen-bond donors (Lipinski definition) is 0. The van der Waals surface area contributed by atoms with Gasteiger partial charge in [0, 0.05) is 6.42 Å². The molecule has 1 heterocycles. The summed E-state index contributed by atoms with van der Waals surface area (Å²) in [7, 11) is 6.00. The van der Waals surface area contributed by atoms with Gasteiger partial charge in [-0.15, -0.1) is 0 Å². The molecule has 0 bridgehead atoms. The molecule has 0 N–H and O–H groups in total. The molecule has 0 spiro atoms. The Morgan fingerprint density at radius 1 is 0.909 bits per heavy atom. The average Bonchev–Trinajstić information content (AvgIpc) is 2.80. The molecule has 0 saturated heterocycles. The largest absolute Gasteiger partial charge is 0.497 e. The number of amides is 1. The van der Waals surface area contributed by atoms with Crippen molar-refractivity contribution in [1.82, 2.24) is 4.90 Å². The molecule has 0 fully saturated rings. The number of ether oxygens (including phenoxy) is 5. The lowest BCUT2D eigenvalue weighted by Gasteiger charge is -2.42. The van der Waals surface area contributed by atoms with Crippen LogP contribution in [0, 0.1) is 0 Å². The Hall–Kier alpha value is -3.42. The van der Waals surface area contributed by atoms with Crippen LogP contribution < -0.4 is 14.2 Å². The molecule has 0 radical (unpaired) electrons. The summed E-state index contributed by atoms with van der Waals surface area (Å²) in [4.78, 5) is 27.8. The van der Waals surface area contributed by atoms with Crippen molar-refractivity contribution in [3.05, 3.63) is 53.1 Å². The van der Waals surface area contributed by atoms with Crippen molar-refractivity contribution in [1.29, 1.82) is 0 Å². The van der Waals surface area contributed by atoms with E-state index in [1.807, 2.05) is 36.4 Å². The number of benzene rings is 2. The normalized spacial score (nSPS) is 17.6. The lowest BCUT2D eigenvalue weighted by Crippen LogP contribution is -2.53. The van der Waals surface area contributed by atoms with Gasteiger partial charge in [0.05, 0.1) is 34.5 Å². The molecule has 1 aliphatic rings. The van der Waals surface area contributed by atoms with Crippen molar-refractivity contribution in [2.75, 3.05) is 28.4 Å². The Bertz CT molecular complexity index is 1010. The standard InChI is InChI=1S/C25H31NO7/c1-25(2,3)33-24(28)26-19(23(27)32-7)12-16-13-20(30-5)21(31-6)14-18(16)22(26)15-8-10-17(29-4)11-9-15/h8-11,13-14,19,22H,12H2,1-7H3/t19-,22-/m0/s1. The molecule has 0 aliphatic carbocycles. The van der Waals surface area contributed by atoms with Gasteiger partial charge < -0.3 is 23.7 Å². The summed E-state index contributed by atoms with van der Waals surface area (Å²) in [6.07, 6.45) is -0.368. The maximum atomic E-state index is 13.5. The van der Waals surface area contributed by atoms with Crippen molar-refractivity contribution in [2.45, 2.75) is 44.9 Å². The van der Waals surface area contributed by atoms with E-state index < -0.39 is 29.7 Å². The van der Waals surface area contributed by atoms with Crippen molar-refractivity contribution < 1.29 is 33.3 Å². The van der Waals surface area contributed by atoms with Gasteiger partial charge in [-0.2, -0.15) is 0 Å². The number of esters is 1. The fraction of sp³-hybridized carbons (Fsp3) is 0.440. The number of methoxy groups -OCH3 is 4. The average molecular weight is 458 g/mol. The second-order valence-corrected chi connectivity index (χ2v) is 8.71. The van der Waals surface area contributed by atoms with Gasteiger partial charge >= 0.3 is 12.1 Å². The number of rotatable bonds is 5. The molecule has 0 saturated carbocycles. The lowest BCUT2D eigenvalue weighted by atomic mass is 9.84. The zero-order valence-corrected chi connectivity index (χ0v) is 20.1. The first kappa shape index (κ1) is 24.2. The smallest absolute Gasteiger partial charge is 0.411 e. The summed E-state index contributed by atoms with van der Waals surface area (Å²) >= 11 is 0. The summed E-state index contributed by atoms with van der Waals surface area (Å²) in [5.74, 6) is 1.21. The highest BCUT2D eigenvalue weighted by Gasteiger charge is 2.44. The fourth-order valence-electron chi connectivity index (χ4n) is 4.01. The molecule has 33 heavy (non-hydrogen) atoms. The Labute approximate surface area is 194 Å². The molecule has 0 unspecified atom stereocenters. The molecule has 8 heteroatoms.